The lowest BCUT2D eigenvalue weighted by molar-refractivity contribution is 0.136. The second-order valence-electron chi connectivity index (χ2n) is 4.39. The molecule has 1 aliphatic heterocycles. The van der Waals surface area contributed by atoms with Crippen LogP contribution < -0.4 is 10.6 Å². The molecule has 0 bridgehead atoms. The Balaban J connectivity index is 2.05. The topological polar surface area (TPSA) is 55.6 Å². The van der Waals surface area contributed by atoms with E-state index in [1.807, 2.05) is 31.2 Å². The van der Waals surface area contributed by atoms with E-state index in [1.54, 1.807) is 4.90 Å². The Bertz CT molecular complexity index is 406. The highest BCUT2D eigenvalue weighted by Crippen LogP contribution is 2.23. The van der Waals surface area contributed by atoms with Gasteiger partial charge >= 0.3 is 6.09 Å². The lowest BCUT2D eigenvalue weighted by atomic mass is 10.2. The zero-order valence-electron chi connectivity index (χ0n) is 10.1. The van der Waals surface area contributed by atoms with Crippen molar-refractivity contribution in [2.75, 3.05) is 18.0 Å². The summed E-state index contributed by atoms with van der Waals surface area (Å²) >= 11 is 0. The third-order valence-corrected chi connectivity index (χ3v) is 2.92. The molecule has 1 unspecified atom stereocenters. The SMILES string of the molecule is Cc1cccc(N2CC(CCCN)OC2=O)c1. The quantitative estimate of drug-likeness (QED) is 0.867. The number of benzene rings is 1. The predicted octanol–water partition coefficient (Wildman–Crippen LogP) is 2.06. The number of ether oxygens (including phenoxy) is 1. The van der Waals surface area contributed by atoms with E-state index < -0.39 is 0 Å². The summed E-state index contributed by atoms with van der Waals surface area (Å²) in [6.07, 6.45) is 1.45. The van der Waals surface area contributed by atoms with E-state index in [0.29, 0.717) is 13.1 Å². The minimum Gasteiger partial charge on any atom is -0.444 e. The molecule has 0 spiro atoms. The van der Waals surface area contributed by atoms with Crippen LogP contribution in [-0.2, 0) is 4.74 Å². The molecular formula is C13H18N2O2. The van der Waals surface area contributed by atoms with Crippen LogP contribution in [0, 0.1) is 6.92 Å². The normalized spacial score (nSPS) is 19.5. The van der Waals surface area contributed by atoms with Gasteiger partial charge in [-0.1, -0.05) is 12.1 Å². The van der Waals surface area contributed by atoms with Crippen LogP contribution in [0.2, 0.25) is 0 Å². The van der Waals surface area contributed by atoms with Gasteiger partial charge in [0, 0.05) is 5.69 Å². The summed E-state index contributed by atoms with van der Waals surface area (Å²) in [7, 11) is 0. The van der Waals surface area contributed by atoms with Crippen molar-refractivity contribution in [2.45, 2.75) is 25.9 Å². The van der Waals surface area contributed by atoms with Crippen molar-refractivity contribution in [1.29, 1.82) is 0 Å². The summed E-state index contributed by atoms with van der Waals surface area (Å²) in [5.74, 6) is 0. The van der Waals surface area contributed by atoms with Crippen LogP contribution in [0.5, 0.6) is 0 Å². The van der Waals surface area contributed by atoms with Crippen molar-refractivity contribution in [1.82, 2.24) is 0 Å². The molecule has 0 saturated carbocycles. The molecule has 1 aromatic carbocycles. The number of aryl methyl sites for hydroxylation is 1. The van der Waals surface area contributed by atoms with Gasteiger partial charge in [0.25, 0.3) is 0 Å². The average Bonchev–Trinajstić information content (AvgIpc) is 2.68. The minimum atomic E-state index is -0.252. The molecule has 1 fully saturated rings. The lowest BCUT2D eigenvalue weighted by Crippen LogP contribution is -2.24. The molecule has 0 aliphatic carbocycles. The van der Waals surface area contributed by atoms with Gasteiger partial charge in [-0.3, -0.25) is 4.90 Å². The van der Waals surface area contributed by atoms with Crippen molar-refractivity contribution in [3.8, 4) is 0 Å². The third kappa shape index (κ3) is 2.77. The number of nitrogens with zero attached hydrogens (tertiary/aromatic N) is 1. The number of amides is 1. The fraction of sp³-hybridized carbons (Fsp3) is 0.462. The summed E-state index contributed by atoms with van der Waals surface area (Å²) in [6.45, 7) is 3.28. The first-order chi connectivity index (χ1) is 8.20. The summed E-state index contributed by atoms with van der Waals surface area (Å²) < 4.78 is 5.30. The highest BCUT2D eigenvalue weighted by Gasteiger charge is 2.31. The van der Waals surface area contributed by atoms with Crippen LogP contribution >= 0.6 is 0 Å². The van der Waals surface area contributed by atoms with Gasteiger partial charge in [0.15, 0.2) is 0 Å². The summed E-state index contributed by atoms with van der Waals surface area (Å²) in [6, 6.07) is 7.88. The number of anilines is 1. The second kappa shape index (κ2) is 5.19. The molecule has 1 heterocycles. The first-order valence-electron chi connectivity index (χ1n) is 5.95. The van der Waals surface area contributed by atoms with Crippen LogP contribution in [0.3, 0.4) is 0 Å². The summed E-state index contributed by atoms with van der Waals surface area (Å²) in [5.41, 5.74) is 7.50. The molecule has 1 atom stereocenters. The van der Waals surface area contributed by atoms with Crippen molar-refractivity contribution >= 4 is 11.8 Å². The van der Waals surface area contributed by atoms with Gasteiger partial charge < -0.3 is 10.5 Å². The molecule has 4 heteroatoms. The fourth-order valence-electron chi connectivity index (χ4n) is 2.02. The van der Waals surface area contributed by atoms with E-state index in [-0.39, 0.29) is 12.2 Å². The van der Waals surface area contributed by atoms with E-state index in [1.165, 1.54) is 0 Å². The van der Waals surface area contributed by atoms with Gasteiger partial charge in [0.2, 0.25) is 0 Å². The number of carbonyl (C=O) groups is 1. The van der Waals surface area contributed by atoms with Gasteiger partial charge in [-0.2, -0.15) is 0 Å². The highest BCUT2D eigenvalue weighted by molar-refractivity contribution is 5.89. The van der Waals surface area contributed by atoms with Crippen molar-refractivity contribution < 1.29 is 9.53 Å². The molecule has 1 amide bonds. The molecule has 2 N–H and O–H groups in total. The number of hydrogen-bond acceptors (Lipinski definition) is 3. The summed E-state index contributed by atoms with van der Waals surface area (Å²) in [5, 5.41) is 0. The van der Waals surface area contributed by atoms with Gasteiger partial charge in [-0.05, 0) is 44.0 Å². The number of nitrogens with two attached hydrogens (primary N) is 1. The highest BCUT2D eigenvalue weighted by atomic mass is 16.6. The standard InChI is InChI=1S/C13H18N2O2/c1-10-4-2-5-11(8-10)15-9-12(6-3-7-14)17-13(15)16/h2,4-5,8,12H,3,6-7,9,14H2,1H3. The Hall–Kier alpha value is -1.55. The smallest absolute Gasteiger partial charge is 0.414 e. The first-order valence-corrected chi connectivity index (χ1v) is 5.95. The maximum atomic E-state index is 11.7. The Kier molecular flexibility index (Phi) is 3.64. The Labute approximate surface area is 101 Å². The minimum absolute atomic E-state index is 0.0217. The van der Waals surface area contributed by atoms with Gasteiger partial charge in [-0.25, -0.2) is 4.79 Å². The lowest BCUT2D eigenvalue weighted by Gasteiger charge is -2.13. The van der Waals surface area contributed by atoms with Crippen LogP contribution in [0.4, 0.5) is 10.5 Å². The average molecular weight is 234 g/mol. The number of hydrogen-bond donors (Lipinski definition) is 1. The zero-order valence-corrected chi connectivity index (χ0v) is 10.1. The van der Waals surface area contributed by atoms with E-state index in [4.69, 9.17) is 10.5 Å². The molecule has 2 rings (SSSR count). The van der Waals surface area contributed by atoms with Crippen LogP contribution in [-0.4, -0.2) is 25.3 Å². The monoisotopic (exact) mass is 234 g/mol. The zero-order chi connectivity index (χ0) is 12.3. The number of rotatable bonds is 4. The molecule has 92 valence electrons. The van der Waals surface area contributed by atoms with Gasteiger partial charge in [-0.15, -0.1) is 0 Å². The molecule has 1 aromatic rings. The first kappa shape index (κ1) is 11.9. The maximum absolute atomic E-state index is 11.7. The Morgan fingerprint density at radius 2 is 2.35 bits per heavy atom. The molecule has 4 nitrogen and oxygen atoms in total. The van der Waals surface area contributed by atoms with E-state index in [0.717, 1.165) is 24.1 Å². The number of cyclic esters (lactones) is 1. The Morgan fingerprint density at radius 1 is 1.53 bits per heavy atom. The predicted molar refractivity (Wildman–Crippen MR) is 67.1 cm³/mol. The van der Waals surface area contributed by atoms with Crippen molar-refractivity contribution in [2.24, 2.45) is 5.73 Å². The number of carbonyl (C=O) groups excluding carboxylic acids is 1. The molecule has 1 aliphatic rings. The largest absolute Gasteiger partial charge is 0.444 e. The van der Waals surface area contributed by atoms with Crippen molar-refractivity contribution in [3.05, 3.63) is 29.8 Å². The fourth-order valence-corrected chi connectivity index (χ4v) is 2.02. The van der Waals surface area contributed by atoms with E-state index in [2.05, 4.69) is 0 Å². The van der Waals surface area contributed by atoms with Gasteiger partial charge in [0.05, 0.1) is 6.54 Å². The van der Waals surface area contributed by atoms with Crippen LogP contribution in [0.25, 0.3) is 0 Å². The molecule has 0 radical (unpaired) electrons. The van der Waals surface area contributed by atoms with Crippen LogP contribution in [0.15, 0.2) is 24.3 Å². The Morgan fingerprint density at radius 3 is 3.06 bits per heavy atom. The van der Waals surface area contributed by atoms with E-state index >= 15 is 0 Å². The second-order valence-corrected chi connectivity index (χ2v) is 4.39. The summed E-state index contributed by atoms with van der Waals surface area (Å²) in [4.78, 5) is 13.4. The molecule has 0 aromatic heterocycles. The molecular weight excluding hydrogens is 216 g/mol. The maximum Gasteiger partial charge on any atom is 0.414 e. The third-order valence-electron chi connectivity index (χ3n) is 2.92. The van der Waals surface area contributed by atoms with E-state index in [9.17, 15) is 4.79 Å². The molecule has 1 saturated heterocycles. The molecule has 17 heavy (non-hydrogen) atoms. The van der Waals surface area contributed by atoms with Crippen molar-refractivity contribution in [3.63, 3.8) is 0 Å². The van der Waals surface area contributed by atoms with Gasteiger partial charge in [0.1, 0.15) is 6.10 Å². The van der Waals surface area contributed by atoms with Crippen LogP contribution in [0.1, 0.15) is 18.4 Å².